The number of amides is 2. The first kappa shape index (κ1) is 25.6. The van der Waals surface area contributed by atoms with Crippen molar-refractivity contribution in [1.29, 1.82) is 0 Å². The van der Waals surface area contributed by atoms with E-state index in [9.17, 15) is 9.59 Å². The predicted molar refractivity (Wildman–Crippen MR) is 132 cm³/mol. The standard InChI is InChI=1S/C24H30Cl2N2O2S/c1-5-17(3)27-24(30)18(4)28(13-19-8-6-7-16(2)11-19)23(29)15-31-14-20-9-10-21(25)22(26)12-20/h6-12,17-18H,5,13-15H2,1-4H3,(H,27,30)/t17-,18+/m0/s1. The molecule has 0 bridgehead atoms. The van der Waals surface area contributed by atoms with Gasteiger partial charge >= 0.3 is 0 Å². The lowest BCUT2D eigenvalue weighted by Gasteiger charge is -2.29. The third kappa shape index (κ3) is 8.06. The van der Waals surface area contributed by atoms with Crippen LogP contribution in [0.2, 0.25) is 10.0 Å². The van der Waals surface area contributed by atoms with E-state index in [1.807, 2.05) is 57.2 Å². The van der Waals surface area contributed by atoms with E-state index >= 15 is 0 Å². The smallest absolute Gasteiger partial charge is 0.242 e. The zero-order chi connectivity index (χ0) is 23.0. The van der Waals surface area contributed by atoms with Gasteiger partial charge in [-0.25, -0.2) is 0 Å². The molecule has 0 aromatic heterocycles. The van der Waals surface area contributed by atoms with Crippen LogP contribution in [-0.4, -0.2) is 34.6 Å². The van der Waals surface area contributed by atoms with Crippen LogP contribution < -0.4 is 5.32 Å². The number of nitrogens with one attached hydrogen (secondary N) is 1. The maximum atomic E-state index is 13.1. The van der Waals surface area contributed by atoms with Crippen LogP contribution in [-0.2, 0) is 21.9 Å². The molecule has 0 spiro atoms. The summed E-state index contributed by atoms with van der Waals surface area (Å²) in [6.07, 6.45) is 0.837. The van der Waals surface area contributed by atoms with Gasteiger partial charge < -0.3 is 10.2 Å². The van der Waals surface area contributed by atoms with Crippen molar-refractivity contribution >= 4 is 46.8 Å². The highest BCUT2D eigenvalue weighted by Crippen LogP contribution is 2.25. The van der Waals surface area contributed by atoms with Crippen molar-refractivity contribution in [1.82, 2.24) is 10.2 Å². The lowest BCUT2D eigenvalue weighted by Crippen LogP contribution is -2.50. The van der Waals surface area contributed by atoms with Gasteiger partial charge in [0.25, 0.3) is 0 Å². The first-order valence-electron chi connectivity index (χ1n) is 10.4. The molecule has 0 saturated carbocycles. The molecular formula is C24H30Cl2N2O2S. The van der Waals surface area contributed by atoms with E-state index in [4.69, 9.17) is 23.2 Å². The number of aryl methyl sites for hydroxylation is 1. The summed E-state index contributed by atoms with van der Waals surface area (Å²) in [4.78, 5) is 27.5. The van der Waals surface area contributed by atoms with Crippen LogP contribution in [0.15, 0.2) is 42.5 Å². The number of hydrogen-bond acceptors (Lipinski definition) is 3. The molecule has 0 unspecified atom stereocenters. The number of rotatable bonds is 10. The van der Waals surface area contributed by atoms with Crippen LogP contribution in [0.25, 0.3) is 0 Å². The summed E-state index contributed by atoms with van der Waals surface area (Å²) in [6.45, 7) is 8.18. The number of benzene rings is 2. The van der Waals surface area contributed by atoms with Gasteiger partial charge in [-0.15, -0.1) is 11.8 Å². The Hall–Kier alpha value is -1.69. The number of thioether (sulfide) groups is 1. The molecule has 1 N–H and O–H groups in total. The van der Waals surface area contributed by atoms with E-state index in [2.05, 4.69) is 5.32 Å². The van der Waals surface area contributed by atoms with Crippen LogP contribution in [0.3, 0.4) is 0 Å². The fraction of sp³-hybridized carbons (Fsp3) is 0.417. The number of carbonyl (C=O) groups is 2. The van der Waals surface area contributed by atoms with Crippen LogP contribution >= 0.6 is 35.0 Å². The van der Waals surface area contributed by atoms with Gasteiger partial charge in [-0.2, -0.15) is 0 Å². The molecule has 2 rings (SSSR count). The molecule has 7 heteroatoms. The minimum absolute atomic E-state index is 0.0647. The molecule has 2 aromatic carbocycles. The van der Waals surface area contributed by atoms with Gasteiger partial charge in [-0.1, -0.05) is 66.0 Å². The highest BCUT2D eigenvalue weighted by molar-refractivity contribution is 7.99. The highest BCUT2D eigenvalue weighted by atomic mass is 35.5. The molecule has 0 aliphatic rings. The van der Waals surface area contributed by atoms with Gasteiger partial charge in [-0.3, -0.25) is 9.59 Å². The number of carbonyl (C=O) groups excluding carboxylic acids is 2. The normalized spacial score (nSPS) is 12.8. The van der Waals surface area contributed by atoms with E-state index in [1.54, 1.807) is 17.9 Å². The Morgan fingerprint density at radius 2 is 1.81 bits per heavy atom. The third-order valence-corrected chi connectivity index (χ3v) is 6.81. The van der Waals surface area contributed by atoms with Gasteiger partial charge in [0.2, 0.25) is 11.8 Å². The van der Waals surface area contributed by atoms with Crippen molar-refractivity contribution in [3.63, 3.8) is 0 Å². The second-order valence-electron chi connectivity index (χ2n) is 7.75. The van der Waals surface area contributed by atoms with Crippen molar-refractivity contribution in [2.24, 2.45) is 0 Å². The molecule has 0 heterocycles. The zero-order valence-electron chi connectivity index (χ0n) is 18.5. The fourth-order valence-corrected chi connectivity index (χ4v) is 4.20. The topological polar surface area (TPSA) is 49.4 Å². The monoisotopic (exact) mass is 480 g/mol. The summed E-state index contributed by atoms with van der Waals surface area (Å²) in [6, 6.07) is 13.0. The summed E-state index contributed by atoms with van der Waals surface area (Å²) in [7, 11) is 0. The van der Waals surface area contributed by atoms with Crippen molar-refractivity contribution in [3.05, 3.63) is 69.2 Å². The molecule has 0 aliphatic carbocycles. The summed E-state index contributed by atoms with van der Waals surface area (Å²) >= 11 is 13.5. The Balaban J connectivity index is 2.08. The average Bonchev–Trinajstić information content (AvgIpc) is 2.73. The Kier molecular flexibility index (Phi) is 10.2. The molecule has 2 atom stereocenters. The van der Waals surface area contributed by atoms with E-state index in [1.165, 1.54) is 11.8 Å². The number of hydrogen-bond donors (Lipinski definition) is 1. The third-order valence-electron chi connectivity index (χ3n) is 5.08. The maximum absolute atomic E-state index is 13.1. The second-order valence-corrected chi connectivity index (χ2v) is 9.55. The maximum Gasteiger partial charge on any atom is 0.242 e. The SMILES string of the molecule is CC[C@H](C)NC(=O)[C@@H](C)N(Cc1cccc(C)c1)C(=O)CSCc1ccc(Cl)c(Cl)c1. The quantitative estimate of drug-likeness (QED) is 0.462. The first-order valence-corrected chi connectivity index (χ1v) is 12.3. The van der Waals surface area contributed by atoms with E-state index in [-0.39, 0.29) is 23.6 Å². The van der Waals surface area contributed by atoms with Crippen LogP contribution in [0.4, 0.5) is 0 Å². The van der Waals surface area contributed by atoms with Crippen LogP contribution in [0, 0.1) is 6.92 Å². The molecule has 0 fully saturated rings. The lowest BCUT2D eigenvalue weighted by molar-refractivity contribution is -0.138. The van der Waals surface area contributed by atoms with E-state index < -0.39 is 6.04 Å². The average molecular weight is 481 g/mol. The van der Waals surface area contributed by atoms with Crippen LogP contribution in [0.1, 0.15) is 43.9 Å². The Bertz CT molecular complexity index is 907. The van der Waals surface area contributed by atoms with Crippen molar-refractivity contribution < 1.29 is 9.59 Å². The molecule has 0 radical (unpaired) electrons. The molecule has 0 aliphatic heterocycles. The van der Waals surface area contributed by atoms with Crippen molar-refractivity contribution in [2.75, 3.05) is 5.75 Å². The van der Waals surface area contributed by atoms with Gasteiger partial charge in [0, 0.05) is 18.3 Å². The minimum Gasteiger partial charge on any atom is -0.352 e. The summed E-state index contributed by atoms with van der Waals surface area (Å²) in [5.74, 6) is 0.699. The Morgan fingerprint density at radius 3 is 2.45 bits per heavy atom. The largest absolute Gasteiger partial charge is 0.352 e. The zero-order valence-corrected chi connectivity index (χ0v) is 20.8. The summed E-state index contributed by atoms with van der Waals surface area (Å²) in [5.41, 5.74) is 3.13. The van der Waals surface area contributed by atoms with Crippen molar-refractivity contribution in [2.45, 2.75) is 58.5 Å². The van der Waals surface area contributed by atoms with E-state index in [0.717, 1.165) is 23.1 Å². The van der Waals surface area contributed by atoms with Crippen LogP contribution in [0.5, 0.6) is 0 Å². The minimum atomic E-state index is -0.562. The summed E-state index contributed by atoms with van der Waals surface area (Å²) in [5, 5.41) is 4.00. The molecule has 2 amide bonds. The molecule has 31 heavy (non-hydrogen) atoms. The van der Waals surface area contributed by atoms with Gasteiger partial charge in [0.15, 0.2) is 0 Å². The molecule has 0 saturated heterocycles. The predicted octanol–water partition coefficient (Wildman–Crippen LogP) is 5.87. The Morgan fingerprint density at radius 1 is 1.06 bits per heavy atom. The fourth-order valence-electron chi connectivity index (χ4n) is 3.02. The molecule has 168 valence electrons. The molecule has 2 aromatic rings. The Labute approximate surface area is 199 Å². The van der Waals surface area contributed by atoms with E-state index in [0.29, 0.717) is 22.3 Å². The molecule has 4 nitrogen and oxygen atoms in total. The number of halogens is 2. The van der Waals surface area contributed by atoms with Crippen molar-refractivity contribution in [3.8, 4) is 0 Å². The van der Waals surface area contributed by atoms with Gasteiger partial charge in [-0.05, 0) is 50.5 Å². The number of nitrogens with zero attached hydrogens (tertiary/aromatic N) is 1. The molecular weight excluding hydrogens is 451 g/mol. The summed E-state index contributed by atoms with van der Waals surface area (Å²) < 4.78 is 0. The second kappa shape index (κ2) is 12.4. The van der Waals surface area contributed by atoms with Gasteiger partial charge in [0.1, 0.15) is 6.04 Å². The highest BCUT2D eigenvalue weighted by Gasteiger charge is 2.26. The van der Waals surface area contributed by atoms with Gasteiger partial charge in [0.05, 0.1) is 15.8 Å². The first-order chi connectivity index (χ1) is 14.7. The lowest BCUT2D eigenvalue weighted by atomic mass is 10.1.